The lowest BCUT2D eigenvalue weighted by molar-refractivity contribution is -0.138. The van der Waals surface area contributed by atoms with Gasteiger partial charge in [0.15, 0.2) is 0 Å². The maximum Gasteiger partial charge on any atom is 0.239 e. The van der Waals surface area contributed by atoms with Crippen molar-refractivity contribution < 1.29 is 4.79 Å². The van der Waals surface area contributed by atoms with Gasteiger partial charge in [-0.3, -0.25) is 4.79 Å². The van der Waals surface area contributed by atoms with Crippen LogP contribution in [0.25, 0.3) is 0 Å². The van der Waals surface area contributed by atoms with Crippen LogP contribution < -0.4 is 5.73 Å². The first-order valence-corrected chi connectivity index (χ1v) is 6.26. The van der Waals surface area contributed by atoms with Gasteiger partial charge in [-0.1, -0.05) is 12.8 Å². The van der Waals surface area contributed by atoms with Crippen molar-refractivity contribution in [2.75, 3.05) is 6.54 Å². The largest absolute Gasteiger partial charge is 0.338 e. The zero-order valence-electron chi connectivity index (χ0n) is 9.61. The van der Waals surface area contributed by atoms with Crippen LogP contribution in [-0.4, -0.2) is 29.4 Å². The highest BCUT2D eigenvalue weighted by Crippen LogP contribution is 2.35. The van der Waals surface area contributed by atoms with Gasteiger partial charge in [0, 0.05) is 12.6 Å². The van der Waals surface area contributed by atoms with Crippen molar-refractivity contribution >= 4 is 5.91 Å². The Kier molecular flexibility index (Phi) is 3.29. The molecule has 1 saturated heterocycles. The van der Waals surface area contributed by atoms with E-state index in [-0.39, 0.29) is 11.9 Å². The number of piperidine rings is 1. The molecule has 0 radical (unpaired) electrons. The number of fused-ring (bicyclic) bond motifs is 1. The number of nitrogens with zero attached hydrogens (tertiary/aromatic N) is 1. The SMILES string of the molecule is C[C@@H](N)C(=O)N1CCC[C@@H]2CCCC[C@@H]21. The highest BCUT2D eigenvalue weighted by Gasteiger charge is 2.36. The summed E-state index contributed by atoms with van der Waals surface area (Å²) in [6.07, 6.45) is 7.62. The highest BCUT2D eigenvalue weighted by molar-refractivity contribution is 5.81. The standard InChI is InChI=1S/C12H22N2O/c1-9(13)12(15)14-8-4-6-10-5-2-3-7-11(10)14/h9-11H,2-8,13H2,1H3/t9-,10+,11+/m1/s1. The summed E-state index contributed by atoms with van der Waals surface area (Å²) in [6.45, 7) is 2.73. The van der Waals surface area contributed by atoms with Crippen LogP contribution in [0.4, 0.5) is 0 Å². The molecular formula is C12H22N2O. The van der Waals surface area contributed by atoms with Gasteiger partial charge < -0.3 is 10.6 Å². The van der Waals surface area contributed by atoms with Crippen molar-refractivity contribution in [3.8, 4) is 0 Å². The smallest absolute Gasteiger partial charge is 0.239 e. The Labute approximate surface area is 92.0 Å². The first-order valence-electron chi connectivity index (χ1n) is 6.26. The molecule has 1 saturated carbocycles. The zero-order valence-corrected chi connectivity index (χ0v) is 9.61. The fourth-order valence-electron chi connectivity index (χ4n) is 3.16. The molecular weight excluding hydrogens is 188 g/mol. The molecule has 15 heavy (non-hydrogen) atoms. The fourth-order valence-corrected chi connectivity index (χ4v) is 3.16. The van der Waals surface area contributed by atoms with E-state index < -0.39 is 0 Å². The lowest BCUT2D eigenvalue weighted by Crippen LogP contribution is -2.53. The van der Waals surface area contributed by atoms with Gasteiger partial charge in [-0.2, -0.15) is 0 Å². The Morgan fingerprint density at radius 2 is 1.93 bits per heavy atom. The first-order chi connectivity index (χ1) is 7.20. The van der Waals surface area contributed by atoms with E-state index in [9.17, 15) is 4.79 Å². The van der Waals surface area contributed by atoms with Crippen LogP contribution >= 0.6 is 0 Å². The first kappa shape index (κ1) is 10.9. The molecule has 3 nitrogen and oxygen atoms in total. The van der Waals surface area contributed by atoms with Crippen molar-refractivity contribution in [2.45, 2.75) is 57.5 Å². The summed E-state index contributed by atoms with van der Waals surface area (Å²) >= 11 is 0. The van der Waals surface area contributed by atoms with E-state index in [1.807, 2.05) is 0 Å². The summed E-state index contributed by atoms with van der Waals surface area (Å²) in [6, 6.07) is 0.177. The minimum Gasteiger partial charge on any atom is -0.338 e. The van der Waals surface area contributed by atoms with Gasteiger partial charge >= 0.3 is 0 Å². The number of carbonyl (C=O) groups excluding carboxylic acids is 1. The summed E-state index contributed by atoms with van der Waals surface area (Å²) in [5, 5.41) is 0. The summed E-state index contributed by atoms with van der Waals surface area (Å²) in [7, 11) is 0. The average molecular weight is 210 g/mol. The maximum absolute atomic E-state index is 12.0. The third kappa shape index (κ3) is 2.17. The second-order valence-electron chi connectivity index (χ2n) is 5.07. The predicted molar refractivity (Wildman–Crippen MR) is 60.3 cm³/mol. The maximum atomic E-state index is 12.0. The lowest BCUT2D eigenvalue weighted by Gasteiger charge is -2.44. The quantitative estimate of drug-likeness (QED) is 0.713. The van der Waals surface area contributed by atoms with Crippen LogP contribution in [-0.2, 0) is 4.79 Å². The number of likely N-dealkylation sites (tertiary alicyclic amines) is 1. The molecule has 0 aromatic heterocycles. The Morgan fingerprint density at radius 3 is 2.67 bits per heavy atom. The Hall–Kier alpha value is -0.570. The molecule has 1 aliphatic heterocycles. The molecule has 2 aliphatic rings. The number of amides is 1. The number of nitrogens with two attached hydrogens (primary N) is 1. The Morgan fingerprint density at radius 1 is 1.27 bits per heavy atom. The van der Waals surface area contributed by atoms with E-state index in [0.29, 0.717) is 6.04 Å². The van der Waals surface area contributed by atoms with Crippen LogP contribution in [0.15, 0.2) is 0 Å². The molecule has 2 N–H and O–H groups in total. The molecule has 0 aromatic rings. The van der Waals surface area contributed by atoms with Gasteiger partial charge in [-0.25, -0.2) is 0 Å². The monoisotopic (exact) mass is 210 g/mol. The summed E-state index contributed by atoms with van der Waals surface area (Å²) in [5.74, 6) is 0.918. The molecule has 1 aliphatic carbocycles. The second-order valence-corrected chi connectivity index (χ2v) is 5.07. The molecule has 1 heterocycles. The van der Waals surface area contributed by atoms with Gasteiger partial charge in [0.25, 0.3) is 0 Å². The molecule has 2 fully saturated rings. The minimum absolute atomic E-state index is 0.159. The van der Waals surface area contributed by atoms with Crippen LogP contribution in [0.5, 0.6) is 0 Å². The molecule has 3 heteroatoms. The van der Waals surface area contributed by atoms with E-state index in [4.69, 9.17) is 5.73 Å². The minimum atomic E-state index is -0.328. The van der Waals surface area contributed by atoms with Gasteiger partial charge in [0.1, 0.15) is 0 Å². The van der Waals surface area contributed by atoms with Crippen molar-refractivity contribution in [1.29, 1.82) is 0 Å². The van der Waals surface area contributed by atoms with E-state index in [1.54, 1.807) is 6.92 Å². The van der Waals surface area contributed by atoms with E-state index >= 15 is 0 Å². The van der Waals surface area contributed by atoms with Crippen molar-refractivity contribution in [3.63, 3.8) is 0 Å². The third-order valence-corrected chi connectivity index (χ3v) is 3.92. The summed E-state index contributed by atoms with van der Waals surface area (Å²) < 4.78 is 0. The van der Waals surface area contributed by atoms with E-state index in [1.165, 1.54) is 38.5 Å². The van der Waals surface area contributed by atoms with Crippen molar-refractivity contribution in [3.05, 3.63) is 0 Å². The molecule has 3 atom stereocenters. The lowest BCUT2D eigenvalue weighted by atomic mass is 9.78. The molecule has 0 unspecified atom stereocenters. The van der Waals surface area contributed by atoms with Gasteiger partial charge in [0.05, 0.1) is 6.04 Å². The number of carbonyl (C=O) groups is 1. The molecule has 0 aromatic carbocycles. The number of hydrogen-bond donors (Lipinski definition) is 1. The molecule has 0 bridgehead atoms. The molecule has 2 rings (SSSR count). The van der Waals surface area contributed by atoms with E-state index in [0.717, 1.165) is 12.5 Å². The fraction of sp³-hybridized carbons (Fsp3) is 0.917. The van der Waals surface area contributed by atoms with Crippen LogP contribution in [0.2, 0.25) is 0 Å². The number of hydrogen-bond acceptors (Lipinski definition) is 2. The Bertz CT molecular complexity index is 238. The van der Waals surface area contributed by atoms with Crippen LogP contribution in [0.1, 0.15) is 45.4 Å². The highest BCUT2D eigenvalue weighted by atomic mass is 16.2. The van der Waals surface area contributed by atoms with E-state index in [2.05, 4.69) is 4.90 Å². The second kappa shape index (κ2) is 4.52. The van der Waals surface area contributed by atoms with Crippen LogP contribution in [0, 0.1) is 5.92 Å². The summed E-state index contributed by atoms with van der Waals surface area (Å²) in [5.41, 5.74) is 5.70. The van der Waals surface area contributed by atoms with Gasteiger partial charge in [-0.15, -0.1) is 0 Å². The van der Waals surface area contributed by atoms with Gasteiger partial charge in [0.2, 0.25) is 5.91 Å². The zero-order chi connectivity index (χ0) is 10.8. The normalized spacial score (nSPS) is 33.3. The van der Waals surface area contributed by atoms with Crippen molar-refractivity contribution in [1.82, 2.24) is 4.90 Å². The van der Waals surface area contributed by atoms with Gasteiger partial charge in [-0.05, 0) is 38.5 Å². The summed E-state index contributed by atoms with van der Waals surface area (Å²) in [4.78, 5) is 14.0. The molecule has 0 spiro atoms. The molecule has 1 amide bonds. The third-order valence-electron chi connectivity index (χ3n) is 3.92. The van der Waals surface area contributed by atoms with Crippen molar-refractivity contribution in [2.24, 2.45) is 11.7 Å². The topological polar surface area (TPSA) is 46.3 Å². The average Bonchev–Trinajstić information content (AvgIpc) is 2.27. The Balaban J connectivity index is 2.06. The van der Waals surface area contributed by atoms with Crippen LogP contribution in [0.3, 0.4) is 0 Å². The number of rotatable bonds is 1. The predicted octanol–water partition coefficient (Wildman–Crippen LogP) is 1.51. The molecule has 86 valence electrons.